The third-order valence-corrected chi connectivity index (χ3v) is 5.51. The maximum Gasteiger partial charge on any atom is 0.236 e. The van der Waals surface area contributed by atoms with Gasteiger partial charge in [0.1, 0.15) is 6.42 Å². The Morgan fingerprint density at radius 2 is 1.77 bits per heavy atom. The summed E-state index contributed by atoms with van der Waals surface area (Å²) in [6.07, 6.45) is 10.2. The first kappa shape index (κ1) is 15.6. The summed E-state index contributed by atoms with van der Waals surface area (Å²) in [5.41, 5.74) is 1.21. The molecule has 0 aromatic heterocycles. The Kier molecular flexibility index (Phi) is 4.84. The van der Waals surface area contributed by atoms with Crippen molar-refractivity contribution in [2.24, 2.45) is 11.8 Å². The van der Waals surface area contributed by atoms with Crippen molar-refractivity contribution in [2.75, 3.05) is 19.6 Å². The molecule has 3 aliphatic rings. The third-order valence-electron chi connectivity index (χ3n) is 5.51. The monoisotopic (exact) mass is 304 g/mol. The standard InChI is InChI=1S/C18H28N2O2/c1-14-8-11-19(12-9-14)17(21)13-18(22)20-10-4-6-15-5-2-3-7-16(15)20/h7,14-15H,2-6,8-13H2,1H3. The van der Waals surface area contributed by atoms with E-state index < -0.39 is 0 Å². The summed E-state index contributed by atoms with van der Waals surface area (Å²) < 4.78 is 0. The summed E-state index contributed by atoms with van der Waals surface area (Å²) in [4.78, 5) is 28.8. The van der Waals surface area contributed by atoms with Crippen molar-refractivity contribution >= 4 is 11.8 Å². The molecule has 0 saturated carbocycles. The maximum absolute atomic E-state index is 12.6. The quantitative estimate of drug-likeness (QED) is 0.736. The second kappa shape index (κ2) is 6.84. The average Bonchev–Trinajstić information content (AvgIpc) is 2.54. The number of fused-ring (bicyclic) bond motifs is 1. The van der Waals surface area contributed by atoms with Crippen LogP contribution in [0.1, 0.15) is 58.3 Å². The molecule has 2 fully saturated rings. The SMILES string of the molecule is CC1CCN(C(=O)CC(=O)N2CCCC3CCCC=C32)CC1. The van der Waals surface area contributed by atoms with Crippen LogP contribution < -0.4 is 0 Å². The van der Waals surface area contributed by atoms with E-state index in [0.717, 1.165) is 45.3 Å². The van der Waals surface area contributed by atoms with E-state index in [0.29, 0.717) is 11.8 Å². The summed E-state index contributed by atoms with van der Waals surface area (Å²) in [6, 6.07) is 0. The van der Waals surface area contributed by atoms with Gasteiger partial charge in [0.25, 0.3) is 0 Å². The number of rotatable bonds is 2. The number of nitrogens with zero attached hydrogens (tertiary/aromatic N) is 2. The highest BCUT2D eigenvalue weighted by molar-refractivity contribution is 5.97. The molecule has 2 saturated heterocycles. The van der Waals surface area contributed by atoms with E-state index in [9.17, 15) is 9.59 Å². The van der Waals surface area contributed by atoms with E-state index in [1.54, 1.807) is 0 Å². The zero-order chi connectivity index (χ0) is 15.5. The van der Waals surface area contributed by atoms with Gasteiger partial charge in [-0.05, 0) is 56.8 Å². The van der Waals surface area contributed by atoms with E-state index in [4.69, 9.17) is 0 Å². The molecule has 0 N–H and O–H groups in total. The summed E-state index contributed by atoms with van der Waals surface area (Å²) in [6.45, 7) is 4.67. The minimum absolute atomic E-state index is 0.0153. The Morgan fingerprint density at radius 3 is 2.55 bits per heavy atom. The lowest BCUT2D eigenvalue weighted by atomic mass is 9.85. The highest BCUT2D eigenvalue weighted by Gasteiger charge is 2.32. The van der Waals surface area contributed by atoms with Gasteiger partial charge in [0.05, 0.1) is 0 Å². The minimum Gasteiger partial charge on any atom is -0.342 e. The van der Waals surface area contributed by atoms with E-state index in [2.05, 4.69) is 13.0 Å². The average molecular weight is 304 g/mol. The zero-order valence-corrected chi connectivity index (χ0v) is 13.7. The number of piperidine rings is 2. The van der Waals surface area contributed by atoms with Gasteiger partial charge in [0, 0.05) is 25.3 Å². The van der Waals surface area contributed by atoms with Crippen molar-refractivity contribution in [3.8, 4) is 0 Å². The molecule has 2 heterocycles. The Hall–Kier alpha value is -1.32. The smallest absolute Gasteiger partial charge is 0.236 e. The number of hydrogen-bond acceptors (Lipinski definition) is 2. The normalized spacial score (nSPS) is 26.4. The van der Waals surface area contributed by atoms with Gasteiger partial charge in [-0.15, -0.1) is 0 Å². The van der Waals surface area contributed by atoms with E-state index in [1.807, 2.05) is 9.80 Å². The molecule has 0 spiro atoms. The highest BCUT2D eigenvalue weighted by Crippen LogP contribution is 2.35. The highest BCUT2D eigenvalue weighted by atomic mass is 16.2. The molecule has 0 aromatic rings. The number of carbonyl (C=O) groups is 2. The molecule has 2 aliphatic heterocycles. The molecule has 1 aliphatic carbocycles. The fourth-order valence-corrected chi connectivity index (χ4v) is 4.04. The number of carbonyl (C=O) groups excluding carboxylic acids is 2. The van der Waals surface area contributed by atoms with Crippen molar-refractivity contribution in [1.82, 2.24) is 9.80 Å². The van der Waals surface area contributed by atoms with Gasteiger partial charge in [-0.1, -0.05) is 13.0 Å². The molecule has 0 aromatic carbocycles. The fourth-order valence-electron chi connectivity index (χ4n) is 4.04. The Labute approximate surface area is 133 Å². The second-order valence-electron chi connectivity index (χ2n) is 7.18. The van der Waals surface area contributed by atoms with E-state index >= 15 is 0 Å². The first-order valence-electron chi connectivity index (χ1n) is 8.93. The molecule has 22 heavy (non-hydrogen) atoms. The third kappa shape index (κ3) is 3.36. The van der Waals surface area contributed by atoms with Crippen molar-refractivity contribution in [2.45, 2.75) is 58.3 Å². The van der Waals surface area contributed by atoms with Crippen molar-refractivity contribution < 1.29 is 9.59 Å². The predicted octanol–water partition coefficient (Wildman–Crippen LogP) is 2.94. The topological polar surface area (TPSA) is 40.6 Å². The second-order valence-corrected chi connectivity index (χ2v) is 7.18. The molecule has 3 rings (SSSR count). The molecule has 1 unspecified atom stereocenters. The zero-order valence-electron chi connectivity index (χ0n) is 13.7. The Bertz CT molecular complexity index is 464. The first-order valence-corrected chi connectivity index (χ1v) is 8.93. The molecule has 122 valence electrons. The van der Waals surface area contributed by atoms with Crippen molar-refractivity contribution in [1.29, 1.82) is 0 Å². The predicted molar refractivity (Wildman–Crippen MR) is 86.0 cm³/mol. The fraction of sp³-hybridized carbons (Fsp3) is 0.778. The lowest BCUT2D eigenvalue weighted by Crippen LogP contribution is -2.43. The Balaban J connectivity index is 1.59. The van der Waals surface area contributed by atoms with Gasteiger partial charge in [-0.3, -0.25) is 9.59 Å². The Morgan fingerprint density at radius 1 is 1.05 bits per heavy atom. The van der Waals surface area contributed by atoms with Gasteiger partial charge >= 0.3 is 0 Å². The van der Waals surface area contributed by atoms with Crippen molar-refractivity contribution in [3.05, 3.63) is 11.8 Å². The van der Waals surface area contributed by atoms with Crippen LogP contribution in [0.3, 0.4) is 0 Å². The van der Waals surface area contributed by atoms with Gasteiger partial charge in [-0.25, -0.2) is 0 Å². The summed E-state index contributed by atoms with van der Waals surface area (Å²) in [7, 11) is 0. The molecular weight excluding hydrogens is 276 g/mol. The number of hydrogen-bond donors (Lipinski definition) is 0. The van der Waals surface area contributed by atoms with Crippen LogP contribution >= 0.6 is 0 Å². The molecule has 4 heteroatoms. The molecular formula is C18H28N2O2. The van der Waals surface area contributed by atoms with Crippen LogP contribution in [0.4, 0.5) is 0 Å². The summed E-state index contributed by atoms with van der Waals surface area (Å²) >= 11 is 0. The number of allylic oxidation sites excluding steroid dienone is 2. The van der Waals surface area contributed by atoms with Gasteiger partial charge in [-0.2, -0.15) is 0 Å². The summed E-state index contributed by atoms with van der Waals surface area (Å²) in [5, 5.41) is 0. The van der Waals surface area contributed by atoms with Gasteiger partial charge < -0.3 is 9.80 Å². The summed E-state index contributed by atoms with van der Waals surface area (Å²) in [5.74, 6) is 1.30. The minimum atomic E-state index is 0.0153. The van der Waals surface area contributed by atoms with E-state index in [-0.39, 0.29) is 18.2 Å². The lowest BCUT2D eigenvalue weighted by molar-refractivity contribution is -0.141. The van der Waals surface area contributed by atoms with Gasteiger partial charge in [0.15, 0.2) is 0 Å². The van der Waals surface area contributed by atoms with Crippen LogP contribution in [0.2, 0.25) is 0 Å². The molecule has 0 radical (unpaired) electrons. The first-order chi connectivity index (χ1) is 10.6. The lowest BCUT2D eigenvalue weighted by Gasteiger charge is -2.38. The van der Waals surface area contributed by atoms with Crippen LogP contribution in [-0.4, -0.2) is 41.2 Å². The molecule has 4 nitrogen and oxygen atoms in total. The van der Waals surface area contributed by atoms with Crippen LogP contribution in [-0.2, 0) is 9.59 Å². The maximum atomic E-state index is 12.6. The number of likely N-dealkylation sites (tertiary alicyclic amines) is 2. The van der Waals surface area contributed by atoms with Crippen LogP contribution in [0.25, 0.3) is 0 Å². The molecule has 2 amide bonds. The molecule has 0 bridgehead atoms. The van der Waals surface area contributed by atoms with Gasteiger partial charge in [0.2, 0.25) is 11.8 Å². The molecule has 1 atom stereocenters. The van der Waals surface area contributed by atoms with E-state index in [1.165, 1.54) is 25.0 Å². The van der Waals surface area contributed by atoms with Crippen LogP contribution in [0.15, 0.2) is 11.8 Å². The van der Waals surface area contributed by atoms with Crippen LogP contribution in [0.5, 0.6) is 0 Å². The number of amides is 2. The largest absolute Gasteiger partial charge is 0.342 e. The van der Waals surface area contributed by atoms with Crippen LogP contribution in [0, 0.1) is 11.8 Å². The van der Waals surface area contributed by atoms with Crippen molar-refractivity contribution in [3.63, 3.8) is 0 Å².